The largest absolute Gasteiger partial charge is 0.375 e. The number of nitrogens with one attached hydrogen (secondary N) is 2. The van der Waals surface area contributed by atoms with Crippen molar-refractivity contribution in [3.05, 3.63) is 29.3 Å². The highest BCUT2D eigenvalue weighted by Crippen LogP contribution is 2.19. The number of amides is 1. The van der Waals surface area contributed by atoms with E-state index in [2.05, 4.69) is 10.6 Å². The molecule has 0 aromatic heterocycles. The minimum absolute atomic E-state index is 0.0991. The molecule has 4 nitrogen and oxygen atoms in total. The van der Waals surface area contributed by atoms with E-state index in [-0.39, 0.29) is 12.5 Å². The molecule has 0 aliphatic carbocycles. The molecule has 1 aromatic rings. The second kappa shape index (κ2) is 6.77. The van der Waals surface area contributed by atoms with Crippen molar-refractivity contribution in [2.45, 2.75) is 19.4 Å². The fraction of sp³-hybridized carbons (Fsp3) is 0.333. The van der Waals surface area contributed by atoms with Gasteiger partial charge in [-0.05, 0) is 18.6 Å². The fourth-order valence-corrected chi connectivity index (χ4v) is 1.45. The first-order valence-electron chi connectivity index (χ1n) is 5.34. The van der Waals surface area contributed by atoms with Crippen LogP contribution in [-0.2, 0) is 4.79 Å². The Morgan fingerprint density at radius 3 is 2.82 bits per heavy atom. The summed E-state index contributed by atoms with van der Waals surface area (Å²) in [4.78, 5) is 11.5. The summed E-state index contributed by atoms with van der Waals surface area (Å²) in [6, 6.07) is 8.75. The zero-order valence-electron chi connectivity index (χ0n) is 9.53. The van der Waals surface area contributed by atoms with Gasteiger partial charge in [0.05, 0.1) is 23.3 Å². The Kier molecular flexibility index (Phi) is 5.31. The summed E-state index contributed by atoms with van der Waals surface area (Å²) < 4.78 is 0. The van der Waals surface area contributed by atoms with Gasteiger partial charge in [0.25, 0.3) is 0 Å². The number of hydrogen-bond acceptors (Lipinski definition) is 3. The van der Waals surface area contributed by atoms with Crippen molar-refractivity contribution >= 4 is 23.2 Å². The first-order valence-corrected chi connectivity index (χ1v) is 5.72. The van der Waals surface area contributed by atoms with E-state index in [0.29, 0.717) is 17.1 Å². The standard InChI is InChI=1S/C12H14ClN3O/c1-2-9(7-14)16-12(17)8-15-11-6-4-3-5-10(11)13/h3-6,9,15H,2,8H2,1H3,(H,16,17)/t9-/m0/s1. The lowest BCUT2D eigenvalue weighted by molar-refractivity contribution is -0.119. The third-order valence-corrected chi connectivity index (χ3v) is 2.54. The Morgan fingerprint density at radius 1 is 1.53 bits per heavy atom. The second-order valence-corrected chi connectivity index (χ2v) is 3.90. The third-order valence-electron chi connectivity index (χ3n) is 2.21. The monoisotopic (exact) mass is 251 g/mol. The lowest BCUT2D eigenvalue weighted by Gasteiger charge is -2.11. The van der Waals surface area contributed by atoms with Gasteiger partial charge in [-0.3, -0.25) is 4.79 Å². The molecular weight excluding hydrogens is 238 g/mol. The maximum absolute atomic E-state index is 11.5. The van der Waals surface area contributed by atoms with Gasteiger partial charge in [0.1, 0.15) is 6.04 Å². The molecule has 0 heterocycles. The molecule has 1 atom stereocenters. The first-order chi connectivity index (χ1) is 8.17. The van der Waals surface area contributed by atoms with Gasteiger partial charge in [0.15, 0.2) is 0 Å². The number of carbonyl (C=O) groups excluding carboxylic acids is 1. The SMILES string of the molecule is CC[C@@H](C#N)NC(=O)CNc1ccccc1Cl. The molecule has 0 unspecified atom stereocenters. The van der Waals surface area contributed by atoms with Gasteiger partial charge in [0.2, 0.25) is 5.91 Å². The molecule has 0 radical (unpaired) electrons. The van der Waals surface area contributed by atoms with Gasteiger partial charge in [-0.1, -0.05) is 30.7 Å². The molecule has 17 heavy (non-hydrogen) atoms. The number of halogens is 1. The number of carbonyl (C=O) groups is 1. The average molecular weight is 252 g/mol. The Balaban J connectivity index is 2.44. The van der Waals surface area contributed by atoms with Crippen molar-refractivity contribution < 1.29 is 4.79 Å². The number of hydrogen-bond donors (Lipinski definition) is 2. The van der Waals surface area contributed by atoms with Crippen LogP contribution in [0.5, 0.6) is 0 Å². The Morgan fingerprint density at radius 2 is 2.24 bits per heavy atom. The highest BCUT2D eigenvalue weighted by molar-refractivity contribution is 6.33. The van der Waals surface area contributed by atoms with E-state index < -0.39 is 6.04 Å². The van der Waals surface area contributed by atoms with Crippen molar-refractivity contribution in [3.63, 3.8) is 0 Å². The van der Waals surface area contributed by atoms with Gasteiger partial charge >= 0.3 is 0 Å². The van der Waals surface area contributed by atoms with Crippen molar-refractivity contribution in [1.29, 1.82) is 5.26 Å². The minimum atomic E-state index is -0.435. The van der Waals surface area contributed by atoms with Gasteiger partial charge < -0.3 is 10.6 Å². The summed E-state index contributed by atoms with van der Waals surface area (Å²) in [5, 5.41) is 14.8. The van der Waals surface area contributed by atoms with E-state index in [0.717, 1.165) is 0 Å². The van der Waals surface area contributed by atoms with Crippen LogP contribution >= 0.6 is 11.6 Å². The Labute approximate surface area is 106 Å². The van der Waals surface area contributed by atoms with Crippen molar-refractivity contribution in [3.8, 4) is 6.07 Å². The number of rotatable bonds is 5. The summed E-state index contributed by atoms with van der Waals surface area (Å²) in [7, 11) is 0. The molecule has 0 bridgehead atoms. The topological polar surface area (TPSA) is 64.9 Å². The zero-order chi connectivity index (χ0) is 12.7. The molecule has 2 N–H and O–H groups in total. The third kappa shape index (κ3) is 4.33. The second-order valence-electron chi connectivity index (χ2n) is 3.49. The van der Waals surface area contributed by atoms with Crippen LogP contribution in [0.2, 0.25) is 5.02 Å². The van der Waals surface area contributed by atoms with Crippen LogP contribution in [-0.4, -0.2) is 18.5 Å². The molecular formula is C12H14ClN3O. The van der Waals surface area contributed by atoms with E-state index in [4.69, 9.17) is 16.9 Å². The molecule has 0 saturated heterocycles. The lowest BCUT2D eigenvalue weighted by Crippen LogP contribution is -2.37. The molecule has 0 spiro atoms. The predicted octanol–water partition coefficient (Wildman–Crippen LogP) is 2.17. The van der Waals surface area contributed by atoms with Crippen LogP contribution in [0, 0.1) is 11.3 Å². The fourth-order valence-electron chi connectivity index (χ4n) is 1.25. The molecule has 90 valence electrons. The molecule has 0 fully saturated rings. The average Bonchev–Trinajstić information content (AvgIpc) is 2.35. The summed E-state index contributed by atoms with van der Waals surface area (Å²) in [5.41, 5.74) is 0.703. The summed E-state index contributed by atoms with van der Waals surface area (Å²) >= 11 is 5.92. The maximum Gasteiger partial charge on any atom is 0.240 e. The Bertz CT molecular complexity index is 428. The number of nitriles is 1. The van der Waals surface area contributed by atoms with Gasteiger partial charge in [-0.25, -0.2) is 0 Å². The van der Waals surface area contributed by atoms with E-state index in [1.165, 1.54) is 0 Å². The number of benzene rings is 1. The van der Waals surface area contributed by atoms with Gasteiger partial charge in [0, 0.05) is 0 Å². The van der Waals surface area contributed by atoms with Crippen molar-refractivity contribution in [1.82, 2.24) is 5.32 Å². The maximum atomic E-state index is 11.5. The molecule has 1 aromatic carbocycles. The van der Waals surface area contributed by atoms with Gasteiger partial charge in [-0.2, -0.15) is 5.26 Å². The highest BCUT2D eigenvalue weighted by Gasteiger charge is 2.08. The smallest absolute Gasteiger partial charge is 0.240 e. The van der Waals surface area contributed by atoms with E-state index in [1.54, 1.807) is 12.1 Å². The quantitative estimate of drug-likeness (QED) is 0.843. The van der Waals surface area contributed by atoms with Crippen LogP contribution < -0.4 is 10.6 Å². The van der Waals surface area contributed by atoms with E-state index in [9.17, 15) is 4.79 Å². The molecule has 0 aliphatic heterocycles. The van der Waals surface area contributed by atoms with Crippen LogP contribution in [0.4, 0.5) is 5.69 Å². The highest BCUT2D eigenvalue weighted by atomic mass is 35.5. The number of nitrogens with zero attached hydrogens (tertiary/aromatic N) is 1. The summed E-state index contributed by atoms with van der Waals surface area (Å²) in [6.07, 6.45) is 0.592. The van der Waals surface area contributed by atoms with Crippen LogP contribution in [0.1, 0.15) is 13.3 Å². The van der Waals surface area contributed by atoms with E-state index >= 15 is 0 Å². The summed E-state index contributed by atoms with van der Waals surface area (Å²) in [6.45, 7) is 1.94. The Hall–Kier alpha value is -1.73. The van der Waals surface area contributed by atoms with Crippen LogP contribution in [0.15, 0.2) is 24.3 Å². The van der Waals surface area contributed by atoms with Crippen LogP contribution in [0.25, 0.3) is 0 Å². The van der Waals surface area contributed by atoms with Gasteiger partial charge in [-0.15, -0.1) is 0 Å². The molecule has 0 saturated carbocycles. The zero-order valence-corrected chi connectivity index (χ0v) is 10.3. The van der Waals surface area contributed by atoms with E-state index in [1.807, 2.05) is 25.1 Å². The molecule has 1 amide bonds. The predicted molar refractivity (Wildman–Crippen MR) is 67.8 cm³/mol. The number of anilines is 1. The first kappa shape index (κ1) is 13.3. The molecule has 5 heteroatoms. The van der Waals surface area contributed by atoms with Crippen molar-refractivity contribution in [2.75, 3.05) is 11.9 Å². The van der Waals surface area contributed by atoms with Crippen LogP contribution in [0.3, 0.4) is 0 Å². The normalized spacial score (nSPS) is 11.4. The number of para-hydroxylation sites is 1. The summed E-state index contributed by atoms with van der Waals surface area (Å²) in [5.74, 6) is -0.224. The lowest BCUT2D eigenvalue weighted by atomic mass is 10.2. The van der Waals surface area contributed by atoms with Crippen molar-refractivity contribution in [2.24, 2.45) is 0 Å². The minimum Gasteiger partial charge on any atom is -0.375 e. The molecule has 0 aliphatic rings. The molecule has 1 rings (SSSR count).